The second-order valence-corrected chi connectivity index (χ2v) is 3.33. The summed E-state index contributed by atoms with van der Waals surface area (Å²) < 4.78 is 25.6. The predicted octanol–water partition coefficient (Wildman–Crippen LogP) is -0.168. The number of carbonyl (C=O) groups excluding carboxylic acids is 2. The zero-order valence-electron chi connectivity index (χ0n) is 11.6. The van der Waals surface area contributed by atoms with Crippen molar-refractivity contribution in [3.8, 4) is 5.88 Å². The van der Waals surface area contributed by atoms with Gasteiger partial charge in [-0.15, -0.1) is 0 Å². The molecule has 1 heterocycles. The normalized spacial score (nSPS) is 9.09. The lowest BCUT2D eigenvalue weighted by atomic mass is 10.4. The SMILES string of the molecule is COC(=O)CO.COC(=O)COc1ncc(F)cc1[N+](=O)[O-]. The summed E-state index contributed by atoms with van der Waals surface area (Å²) in [6, 6.07) is 0.652. The molecule has 0 aliphatic carbocycles. The molecule has 0 aliphatic rings. The smallest absolute Gasteiger partial charge is 0.343 e. The van der Waals surface area contributed by atoms with Gasteiger partial charge in [-0.25, -0.2) is 19.0 Å². The van der Waals surface area contributed by atoms with Crippen LogP contribution in [0.1, 0.15) is 0 Å². The topological polar surface area (TPSA) is 138 Å². The number of nitrogens with zero attached hydrogens (tertiary/aromatic N) is 2. The Labute approximate surface area is 123 Å². The third-order valence-electron chi connectivity index (χ3n) is 1.91. The van der Waals surface area contributed by atoms with E-state index in [9.17, 15) is 24.1 Å². The van der Waals surface area contributed by atoms with Crippen LogP contribution in [0, 0.1) is 15.9 Å². The van der Waals surface area contributed by atoms with Crippen molar-refractivity contribution in [1.82, 2.24) is 4.98 Å². The van der Waals surface area contributed by atoms with Crippen LogP contribution in [0.3, 0.4) is 0 Å². The molecule has 0 spiro atoms. The Kier molecular flexibility index (Phi) is 8.71. The van der Waals surface area contributed by atoms with Gasteiger partial charge in [0.25, 0.3) is 5.88 Å². The second kappa shape index (κ2) is 9.99. The van der Waals surface area contributed by atoms with Crippen molar-refractivity contribution in [3.63, 3.8) is 0 Å². The summed E-state index contributed by atoms with van der Waals surface area (Å²) in [5, 5.41) is 18.4. The molecular weight excluding hydrogens is 307 g/mol. The zero-order valence-corrected chi connectivity index (χ0v) is 11.6. The number of carbonyl (C=O) groups is 2. The molecule has 0 aliphatic heterocycles. The van der Waals surface area contributed by atoms with Crippen molar-refractivity contribution < 1.29 is 38.2 Å². The molecule has 0 radical (unpaired) electrons. The van der Waals surface area contributed by atoms with Gasteiger partial charge < -0.3 is 19.3 Å². The number of esters is 2. The molecule has 1 rings (SSSR count). The summed E-state index contributed by atoms with van der Waals surface area (Å²) >= 11 is 0. The van der Waals surface area contributed by atoms with E-state index in [1.807, 2.05) is 0 Å². The highest BCUT2D eigenvalue weighted by molar-refractivity contribution is 5.71. The van der Waals surface area contributed by atoms with E-state index in [4.69, 9.17) is 9.84 Å². The van der Waals surface area contributed by atoms with E-state index in [2.05, 4.69) is 14.5 Å². The van der Waals surface area contributed by atoms with Crippen LogP contribution in [0.25, 0.3) is 0 Å². The van der Waals surface area contributed by atoms with Gasteiger partial charge in [-0.2, -0.15) is 0 Å². The highest BCUT2D eigenvalue weighted by Crippen LogP contribution is 2.24. The highest BCUT2D eigenvalue weighted by Gasteiger charge is 2.19. The molecule has 1 N–H and O–H groups in total. The molecule has 10 nitrogen and oxygen atoms in total. The molecule has 0 saturated heterocycles. The summed E-state index contributed by atoms with van der Waals surface area (Å²) in [7, 11) is 2.36. The van der Waals surface area contributed by atoms with E-state index in [1.165, 1.54) is 7.11 Å². The number of nitro groups is 1. The molecule has 0 amide bonds. The Bertz CT molecular complexity index is 531. The molecule has 22 heavy (non-hydrogen) atoms. The Balaban J connectivity index is 0.000000626. The fourth-order valence-electron chi connectivity index (χ4n) is 0.909. The fraction of sp³-hybridized carbons (Fsp3) is 0.364. The Morgan fingerprint density at radius 1 is 1.36 bits per heavy atom. The van der Waals surface area contributed by atoms with Crippen molar-refractivity contribution in [1.29, 1.82) is 0 Å². The summed E-state index contributed by atoms with van der Waals surface area (Å²) in [5.74, 6) is -2.62. The molecule has 1 aromatic heterocycles. The van der Waals surface area contributed by atoms with Crippen molar-refractivity contribution in [3.05, 3.63) is 28.2 Å². The second-order valence-electron chi connectivity index (χ2n) is 3.33. The van der Waals surface area contributed by atoms with Crippen LogP contribution in [0.15, 0.2) is 12.3 Å². The maximum absolute atomic E-state index is 12.7. The molecular formula is C11H13FN2O8. The number of pyridine rings is 1. The van der Waals surface area contributed by atoms with Gasteiger partial charge in [-0.05, 0) is 0 Å². The average Bonchev–Trinajstić information content (AvgIpc) is 2.52. The number of hydrogen-bond donors (Lipinski definition) is 1. The number of hydrogen-bond acceptors (Lipinski definition) is 9. The van der Waals surface area contributed by atoms with E-state index in [0.29, 0.717) is 6.07 Å². The third kappa shape index (κ3) is 7.09. The number of ether oxygens (including phenoxy) is 3. The monoisotopic (exact) mass is 320 g/mol. The van der Waals surface area contributed by atoms with E-state index in [0.717, 1.165) is 13.3 Å². The van der Waals surface area contributed by atoms with Gasteiger partial charge in [0.2, 0.25) is 0 Å². The first-order chi connectivity index (χ1) is 10.3. The third-order valence-corrected chi connectivity index (χ3v) is 1.91. The zero-order chi connectivity index (χ0) is 17.1. The lowest BCUT2D eigenvalue weighted by Crippen LogP contribution is -2.14. The molecule has 11 heteroatoms. The lowest BCUT2D eigenvalue weighted by Gasteiger charge is -2.03. The summed E-state index contributed by atoms with van der Waals surface area (Å²) in [6.07, 6.45) is 0.750. The van der Waals surface area contributed by atoms with Crippen molar-refractivity contribution in [2.75, 3.05) is 27.4 Å². The van der Waals surface area contributed by atoms with E-state index in [-0.39, 0.29) is 0 Å². The summed E-state index contributed by atoms with van der Waals surface area (Å²) in [5.41, 5.74) is -0.649. The Hall–Kier alpha value is -2.82. The quantitative estimate of drug-likeness (QED) is 0.445. The van der Waals surface area contributed by atoms with E-state index in [1.54, 1.807) is 0 Å². The molecule has 0 fully saturated rings. The maximum atomic E-state index is 12.7. The summed E-state index contributed by atoms with van der Waals surface area (Å²) in [4.78, 5) is 33.4. The molecule has 1 aromatic rings. The van der Waals surface area contributed by atoms with Gasteiger partial charge in [-0.1, -0.05) is 0 Å². The van der Waals surface area contributed by atoms with Gasteiger partial charge in [0.05, 0.1) is 31.4 Å². The number of methoxy groups -OCH3 is 2. The molecule has 0 bridgehead atoms. The van der Waals surface area contributed by atoms with Gasteiger partial charge in [0, 0.05) is 0 Å². The van der Waals surface area contributed by atoms with Gasteiger partial charge in [0.15, 0.2) is 6.61 Å². The number of halogens is 1. The van der Waals surface area contributed by atoms with Gasteiger partial charge in [-0.3, -0.25) is 10.1 Å². The largest absolute Gasteiger partial charge is 0.467 e. The first-order valence-electron chi connectivity index (χ1n) is 5.52. The highest BCUT2D eigenvalue weighted by atomic mass is 19.1. The van der Waals surface area contributed by atoms with Crippen molar-refractivity contribution in [2.24, 2.45) is 0 Å². The van der Waals surface area contributed by atoms with E-state index < -0.39 is 47.5 Å². The van der Waals surface area contributed by atoms with Crippen LogP contribution in [-0.2, 0) is 19.1 Å². The number of aliphatic hydroxyl groups excluding tert-OH is 1. The van der Waals surface area contributed by atoms with Crippen LogP contribution >= 0.6 is 0 Å². The minimum absolute atomic E-state index is 0.434. The maximum Gasteiger partial charge on any atom is 0.343 e. The first kappa shape index (κ1) is 19.2. The van der Waals surface area contributed by atoms with Crippen LogP contribution in [0.5, 0.6) is 5.88 Å². The minimum atomic E-state index is -0.864. The molecule has 122 valence electrons. The number of rotatable bonds is 5. The van der Waals surface area contributed by atoms with Crippen molar-refractivity contribution >= 4 is 17.6 Å². The predicted molar refractivity (Wildman–Crippen MR) is 67.5 cm³/mol. The molecule has 0 atom stereocenters. The van der Waals surface area contributed by atoms with Crippen LogP contribution in [0.2, 0.25) is 0 Å². The Morgan fingerprint density at radius 2 is 1.95 bits per heavy atom. The minimum Gasteiger partial charge on any atom is -0.467 e. The molecule has 0 saturated carbocycles. The van der Waals surface area contributed by atoms with Gasteiger partial charge in [0.1, 0.15) is 12.4 Å². The summed E-state index contributed by atoms with van der Waals surface area (Å²) in [6.45, 7) is -1.06. The molecule has 0 unspecified atom stereocenters. The number of aromatic nitrogens is 1. The van der Waals surface area contributed by atoms with Crippen LogP contribution < -0.4 is 4.74 Å². The van der Waals surface area contributed by atoms with E-state index >= 15 is 0 Å². The van der Waals surface area contributed by atoms with Crippen molar-refractivity contribution in [2.45, 2.75) is 0 Å². The van der Waals surface area contributed by atoms with Crippen LogP contribution in [-0.4, -0.2) is 54.4 Å². The number of aliphatic hydroxyl groups is 1. The average molecular weight is 320 g/mol. The Morgan fingerprint density at radius 3 is 2.36 bits per heavy atom. The van der Waals surface area contributed by atoms with Gasteiger partial charge >= 0.3 is 17.6 Å². The fourth-order valence-corrected chi connectivity index (χ4v) is 0.909. The van der Waals surface area contributed by atoms with Crippen LogP contribution in [0.4, 0.5) is 10.1 Å². The molecule has 0 aromatic carbocycles. The lowest BCUT2D eigenvalue weighted by molar-refractivity contribution is -0.386. The standard InChI is InChI=1S/C8H7FN2O5.C3H6O3/c1-15-7(12)4-16-8-6(11(13)14)2-5(9)3-10-8;1-6-3(5)2-4/h2-3H,4H2,1H3;4H,2H2,1H3. The first-order valence-corrected chi connectivity index (χ1v) is 5.52.